The van der Waals surface area contributed by atoms with E-state index in [1.165, 1.54) is 5.56 Å². The molecule has 1 aliphatic rings. The van der Waals surface area contributed by atoms with Gasteiger partial charge in [-0.15, -0.1) is 0 Å². The normalized spacial score (nSPS) is 18.8. The third-order valence-corrected chi connectivity index (χ3v) is 3.76. The molecule has 5 heteroatoms. The molecule has 1 atom stereocenters. The molecule has 1 aromatic heterocycles. The summed E-state index contributed by atoms with van der Waals surface area (Å²) in [6.07, 6.45) is 0. The summed E-state index contributed by atoms with van der Waals surface area (Å²) < 4.78 is 5.11. The van der Waals surface area contributed by atoms with E-state index in [1.807, 2.05) is 12.1 Å². The zero-order valence-electron chi connectivity index (χ0n) is 11.1. The molecule has 0 saturated carbocycles. The molecule has 2 heterocycles. The van der Waals surface area contributed by atoms with Crippen LogP contribution in [0.25, 0.3) is 11.1 Å². The standard InChI is InChI=1S/C14H19N3O2/c1-10(9-17-6-4-15-5-7-17)11-2-3-12-13(8-11)19-14(18)16-12/h2-3,8,10,15H,4-7,9H2,1H3,(H,16,18). The Kier molecular flexibility index (Phi) is 3.40. The van der Waals surface area contributed by atoms with Crippen LogP contribution in [0, 0.1) is 0 Å². The van der Waals surface area contributed by atoms with Crippen molar-refractivity contribution in [3.63, 3.8) is 0 Å². The van der Waals surface area contributed by atoms with Crippen molar-refractivity contribution in [2.24, 2.45) is 0 Å². The molecular formula is C14H19N3O2. The lowest BCUT2D eigenvalue weighted by molar-refractivity contribution is 0.230. The number of oxazole rings is 1. The molecule has 19 heavy (non-hydrogen) atoms. The molecule has 2 N–H and O–H groups in total. The molecule has 0 radical (unpaired) electrons. The van der Waals surface area contributed by atoms with Crippen LogP contribution < -0.4 is 11.1 Å². The Bertz CT molecular complexity index is 610. The second kappa shape index (κ2) is 5.19. The Morgan fingerprint density at radius 3 is 2.95 bits per heavy atom. The van der Waals surface area contributed by atoms with Crippen LogP contribution in [0.4, 0.5) is 0 Å². The molecule has 102 valence electrons. The monoisotopic (exact) mass is 261 g/mol. The summed E-state index contributed by atoms with van der Waals surface area (Å²) in [5.41, 5.74) is 2.63. The topological polar surface area (TPSA) is 61.3 Å². The van der Waals surface area contributed by atoms with E-state index >= 15 is 0 Å². The van der Waals surface area contributed by atoms with Gasteiger partial charge in [-0.2, -0.15) is 0 Å². The zero-order valence-corrected chi connectivity index (χ0v) is 11.1. The van der Waals surface area contributed by atoms with Gasteiger partial charge in [-0.05, 0) is 23.6 Å². The van der Waals surface area contributed by atoms with Crippen LogP contribution in [-0.2, 0) is 0 Å². The van der Waals surface area contributed by atoms with E-state index in [2.05, 4.69) is 28.2 Å². The Morgan fingerprint density at radius 1 is 1.37 bits per heavy atom. The number of piperazine rings is 1. The van der Waals surface area contributed by atoms with E-state index in [0.29, 0.717) is 11.5 Å². The first-order valence-corrected chi connectivity index (χ1v) is 6.78. The molecule has 0 aliphatic carbocycles. The van der Waals surface area contributed by atoms with Gasteiger partial charge in [0.1, 0.15) is 0 Å². The Labute approximate surface area is 111 Å². The molecule has 1 unspecified atom stereocenters. The summed E-state index contributed by atoms with van der Waals surface area (Å²) in [6, 6.07) is 5.96. The van der Waals surface area contributed by atoms with Crippen LogP contribution in [0.15, 0.2) is 27.4 Å². The smallest absolute Gasteiger partial charge is 0.408 e. The maximum atomic E-state index is 11.1. The van der Waals surface area contributed by atoms with E-state index in [4.69, 9.17) is 4.42 Å². The molecule has 0 amide bonds. The number of fused-ring (bicyclic) bond motifs is 1. The van der Waals surface area contributed by atoms with E-state index in [9.17, 15) is 4.79 Å². The SMILES string of the molecule is CC(CN1CCNCC1)c1ccc2[nH]c(=O)oc2c1. The molecule has 1 saturated heterocycles. The Hall–Kier alpha value is -1.59. The zero-order chi connectivity index (χ0) is 13.2. The van der Waals surface area contributed by atoms with Crippen LogP contribution in [-0.4, -0.2) is 42.6 Å². The number of hydrogen-bond donors (Lipinski definition) is 2. The van der Waals surface area contributed by atoms with Crippen molar-refractivity contribution in [1.82, 2.24) is 15.2 Å². The summed E-state index contributed by atoms with van der Waals surface area (Å²) in [6.45, 7) is 7.60. The number of nitrogens with zero attached hydrogens (tertiary/aromatic N) is 1. The Morgan fingerprint density at radius 2 is 2.16 bits per heavy atom. The van der Waals surface area contributed by atoms with Crippen LogP contribution in [0.5, 0.6) is 0 Å². The van der Waals surface area contributed by atoms with Crippen LogP contribution in [0.3, 0.4) is 0 Å². The van der Waals surface area contributed by atoms with Crippen LogP contribution in [0.1, 0.15) is 18.4 Å². The predicted molar refractivity (Wildman–Crippen MR) is 74.6 cm³/mol. The molecule has 1 fully saturated rings. The van der Waals surface area contributed by atoms with E-state index < -0.39 is 0 Å². The van der Waals surface area contributed by atoms with E-state index in [1.54, 1.807) is 0 Å². The fourth-order valence-corrected chi connectivity index (χ4v) is 2.65. The summed E-state index contributed by atoms with van der Waals surface area (Å²) in [5.74, 6) is 0.0459. The molecule has 2 aromatic rings. The van der Waals surface area contributed by atoms with Gasteiger partial charge in [0.25, 0.3) is 0 Å². The third-order valence-electron chi connectivity index (χ3n) is 3.76. The van der Waals surface area contributed by atoms with Gasteiger partial charge in [0.05, 0.1) is 5.52 Å². The number of benzene rings is 1. The molecule has 1 aromatic carbocycles. The van der Waals surface area contributed by atoms with Gasteiger partial charge >= 0.3 is 5.76 Å². The summed E-state index contributed by atoms with van der Waals surface area (Å²) >= 11 is 0. The maximum absolute atomic E-state index is 11.1. The maximum Gasteiger partial charge on any atom is 0.417 e. The summed E-state index contributed by atoms with van der Waals surface area (Å²) in [4.78, 5) is 16.3. The molecule has 0 spiro atoms. The average molecular weight is 261 g/mol. The first-order valence-electron chi connectivity index (χ1n) is 6.78. The molecule has 3 rings (SSSR count). The fraction of sp³-hybridized carbons (Fsp3) is 0.500. The fourth-order valence-electron chi connectivity index (χ4n) is 2.65. The minimum atomic E-state index is -0.387. The number of aromatic nitrogens is 1. The van der Waals surface area contributed by atoms with Crippen molar-refractivity contribution >= 4 is 11.1 Å². The molecule has 5 nitrogen and oxygen atoms in total. The van der Waals surface area contributed by atoms with Crippen molar-refractivity contribution in [1.29, 1.82) is 0 Å². The first kappa shape index (κ1) is 12.4. The predicted octanol–water partition coefficient (Wildman–Crippen LogP) is 1.13. The number of hydrogen-bond acceptors (Lipinski definition) is 4. The third kappa shape index (κ3) is 2.72. The van der Waals surface area contributed by atoms with Crippen molar-refractivity contribution in [2.75, 3.05) is 32.7 Å². The van der Waals surface area contributed by atoms with Gasteiger partial charge in [-0.25, -0.2) is 4.79 Å². The minimum absolute atomic E-state index is 0.387. The first-order chi connectivity index (χ1) is 9.22. The van der Waals surface area contributed by atoms with Crippen LogP contribution in [0.2, 0.25) is 0 Å². The largest absolute Gasteiger partial charge is 0.417 e. The number of aromatic amines is 1. The second-order valence-corrected chi connectivity index (χ2v) is 5.22. The van der Waals surface area contributed by atoms with Crippen molar-refractivity contribution in [3.05, 3.63) is 34.3 Å². The summed E-state index contributed by atoms with van der Waals surface area (Å²) in [5, 5.41) is 3.36. The number of H-pyrrole nitrogens is 1. The van der Waals surface area contributed by atoms with Crippen molar-refractivity contribution in [2.45, 2.75) is 12.8 Å². The lowest BCUT2D eigenvalue weighted by atomic mass is 10.00. The highest BCUT2D eigenvalue weighted by molar-refractivity contribution is 5.72. The Balaban J connectivity index is 1.76. The number of rotatable bonds is 3. The van der Waals surface area contributed by atoms with Gasteiger partial charge < -0.3 is 14.6 Å². The second-order valence-electron chi connectivity index (χ2n) is 5.22. The van der Waals surface area contributed by atoms with Gasteiger partial charge in [0.15, 0.2) is 5.58 Å². The lowest BCUT2D eigenvalue weighted by Gasteiger charge is -2.29. The highest BCUT2D eigenvalue weighted by Gasteiger charge is 2.15. The summed E-state index contributed by atoms with van der Waals surface area (Å²) in [7, 11) is 0. The minimum Gasteiger partial charge on any atom is -0.408 e. The van der Waals surface area contributed by atoms with E-state index in [-0.39, 0.29) is 5.76 Å². The highest BCUT2D eigenvalue weighted by Crippen LogP contribution is 2.21. The van der Waals surface area contributed by atoms with Gasteiger partial charge in [-0.1, -0.05) is 13.0 Å². The van der Waals surface area contributed by atoms with Crippen LogP contribution >= 0.6 is 0 Å². The average Bonchev–Trinajstić information content (AvgIpc) is 2.78. The highest BCUT2D eigenvalue weighted by atomic mass is 16.4. The van der Waals surface area contributed by atoms with E-state index in [0.717, 1.165) is 38.2 Å². The lowest BCUT2D eigenvalue weighted by Crippen LogP contribution is -2.44. The molecule has 1 aliphatic heterocycles. The van der Waals surface area contributed by atoms with Crippen molar-refractivity contribution in [3.8, 4) is 0 Å². The molecular weight excluding hydrogens is 242 g/mol. The van der Waals surface area contributed by atoms with Gasteiger partial charge in [0.2, 0.25) is 0 Å². The number of nitrogens with one attached hydrogen (secondary N) is 2. The molecule has 0 bridgehead atoms. The van der Waals surface area contributed by atoms with Gasteiger partial charge in [0, 0.05) is 32.7 Å². The van der Waals surface area contributed by atoms with Gasteiger partial charge in [-0.3, -0.25) is 4.98 Å². The van der Waals surface area contributed by atoms with Crippen molar-refractivity contribution < 1.29 is 4.42 Å². The quantitative estimate of drug-likeness (QED) is 0.869.